The first-order valence-electron chi connectivity index (χ1n) is 21.2. The lowest BCUT2D eigenvalue weighted by Gasteiger charge is -2.39. The minimum Gasteiger partial charge on any atom is -0.457 e. The summed E-state index contributed by atoms with van der Waals surface area (Å²) in [6.45, 7) is 2.48. The lowest BCUT2D eigenvalue weighted by molar-refractivity contribution is 0.232. The monoisotopic (exact) mass is 761 g/mol. The van der Waals surface area contributed by atoms with Gasteiger partial charge in [-0.3, -0.25) is 0 Å². The van der Waals surface area contributed by atoms with Crippen LogP contribution in [-0.4, -0.2) is 15.0 Å². The van der Waals surface area contributed by atoms with Crippen molar-refractivity contribution >= 4 is 0 Å². The molecule has 2 bridgehead atoms. The summed E-state index contributed by atoms with van der Waals surface area (Å²) in [5.41, 5.74) is 13.5. The van der Waals surface area contributed by atoms with E-state index in [1.54, 1.807) is 0 Å². The van der Waals surface area contributed by atoms with Crippen LogP contribution in [0.25, 0.3) is 56.4 Å². The van der Waals surface area contributed by atoms with E-state index in [1.165, 1.54) is 59.9 Å². The van der Waals surface area contributed by atoms with Crippen molar-refractivity contribution in [2.75, 3.05) is 0 Å². The Morgan fingerprint density at radius 1 is 0.441 bits per heavy atom. The van der Waals surface area contributed by atoms with E-state index in [2.05, 4.69) is 159 Å². The summed E-state index contributed by atoms with van der Waals surface area (Å²) >= 11 is 0. The van der Waals surface area contributed by atoms with Crippen LogP contribution in [-0.2, 0) is 10.8 Å². The third kappa shape index (κ3) is 5.32. The van der Waals surface area contributed by atoms with E-state index in [0.29, 0.717) is 17.5 Å². The Bertz CT molecular complexity index is 2880. The number of hydrogen-bond acceptors (Lipinski definition) is 4. The summed E-state index contributed by atoms with van der Waals surface area (Å²) in [5.74, 6) is 5.52. The molecule has 4 nitrogen and oxygen atoms in total. The molecule has 12 rings (SSSR count). The van der Waals surface area contributed by atoms with Crippen molar-refractivity contribution in [3.05, 3.63) is 198 Å². The molecule has 1 aliphatic heterocycles. The number of rotatable bonds is 5. The largest absolute Gasteiger partial charge is 0.457 e. The second kappa shape index (κ2) is 13.2. The summed E-state index contributed by atoms with van der Waals surface area (Å²) in [4.78, 5) is 15.6. The van der Waals surface area contributed by atoms with Crippen LogP contribution in [0.4, 0.5) is 0 Å². The molecule has 8 aromatic rings. The maximum atomic E-state index is 6.61. The van der Waals surface area contributed by atoms with Crippen molar-refractivity contribution in [1.82, 2.24) is 15.0 Å². The molecule has 2 unspecified atom stereocenters. The Kier molecular flexibility index (Phi) is 7.69. The summed E-state index contributed by atoms with van der Waals surface area (Å²) in [6, 6.07) is 60.9. The fraction of sp³-hybridized carbons (Fsp3) is 0.182. The molecule has 2 fully saturated rings. The molecule has 0 amide bonds. The SMILES string of the molecule is CC1(c2ccc(-c3nc(-c4ccccc4)nc(-c4ccccc4-c4ccc5c(c4)C4(c6ccccc6Oc6ccccc64)c4ccccc4-5)n3)cc2)CC2CC[C@H](C2)C1. The molecule has 0 N–H and O–H groups in total. The lowest BCUT2D eigenvalue weighted by atomic mass is 9.66. The van der Waals surface area contributed by atoms with Crippen LogP contribution in [0.3, 0.4) is 0 Å². The Labute approximate surface area is 345 Å². The van der Waals surface area contributed by atoms with Crippen LogP contribution >= 0.6 is 0 Å². The second-order valence-corrected chi connectivity index (χ2v) is 17.5. The third-order valence-corrected chi connectivity index (χ3v) is 14.0. The normalized spacial score (nSPS) is 20.3. The van der Waals surface area contributed by atoms with E-state index >= 15 is 0 Å². The summed E-state index contributed by atoms with van der Waals surface area (Å²) < 4.78 is 6.61. The van der Waals surface area contributed by atoms with Gasteiger partial charge in [0.05, 0.1) is 5.41 Å². The smallest absolute Gasteiger partial charge is 0.164 e. The van der Waals surface area contributed by atoms with Crippen LogP contribution in [0.2, 0.25) is 0 Å². The van der Waals surface area contributed by atoms with Gasteiger partial charge in [0.1, 0.15) is 11.5 Å². The zero-order valence-corrected chi connectivity index (χ0v) is 33.1. The molecule has 1 spiro atoms. The molecule has 3 atom stereocenters. The van der Waals surface area contributed by atoms with Crippen molar-refractivity contribution in [3.63, 3.8) is 0 Å². The fourth-order valence-corrected chi connectivity index (χ4v) is 11.5. The molecule has 0 radical (unpaired) electrons. The Morgan fingerprint density at radius 2 is 0.949 bits per heavy atom. The van der Waals surface area contributed by atoms with Gasteiger partial charge in [-0.2, -0.15) is 0 Å². The highest BCUT2D eigenvalue weighted by molar-refractivity contribution is 5.92. The van der Waals surface area contributed by atoms with Crippen molar-refractivity contribution in [3.8, 4) is 67.9 Å². The van der Waals surface area contributed by atoms with Crippen LogP contribution < -0.4 is 4.74 Å². The van der Waals surface area contributed by atoms with E-state index in [9.17, 15) is 0 Å². The van der Waals surface area contributed by atoms with Crippen molar-refractivity contribution in [2.45, 2.75) is 49.9 Å². The number of fused-ring (bicyclic) bond motifs is 11. The van der Waals surface area contributed by atoms with Gasteiger partial charge in [-0.15, -0.1) is 0 Å². The van der Waals surface area contributed by atoms with E-state index in [-0.39, 0.29) is 5.41 Å². The van der Waals surface area contributed by atoms with Gasteiger partial charge < -0.3 is 4.74 Å². The highest BCUT2D eigenvalue weighted by atomic mass is 16.5. The standard InChI is InChI=1S/C55H43N3O/c1-54(33-35-23-24-36(31-35)34-54)40-28-25-38(26-29-40)52-56-51(37-13-3-2-4-14-37)57-53(58-52)44-17-6-5-15-41(44)39-27-30-43-42-16-7-8-18-45(42)55(48(43)32-39)46-19-9-11-21-49(46)59-50-22-12-10-20-47(50)55/h2-22,25-30,32,35-36H,23-24,31,33-34H2,1H3/t35-,36?,54?/m1/s1. The predicted octanol–water partition coefficient (Wildman–Crippen LogP) is 13.5. The van der Waals surface area contributed by atoms with E-state index in [0.717, 1.165) is 62.3 Å². The van der Waals surface area contributed by atoms with Crippen LogP contribution in [0.1, 0.15) is 66.8 Å². The average molecular weight is 762 g/mol. The first-order chi connectivity index (χ1) is 29.0. The summed E-state index contributed by atoms with van der Waals surface area (Å²) in [6.07, 6.45) is 6.79. The first kappa shape index (κ1) is 34.4. The van der Waals surface area contributed by atoms with Gasteiger partial charge in [0.15, 0.2) is 17.5 Å². The average Bonchev–Trinajstić information content (AvgIpc) is 3.80. The number of aromatic nitrogens is 3. The van der Waals surface area contributed by atoms with Gasteiger partial charge >= 0.3 is 0 Å². The van der Waals surface area contributed by atoms with Gasteiger partial charge in [-0.25, -0.2) is 15.0 Å². The van der Waals surface area contributed by atoms with Crippen molar-refractivity contribution in [1.29, 1.82) is 0 Å². The highest BCUT2D eigenvalue weighted by Gasteiger charge is 2.51. The molecule has 4 heteroatoms. The van der Waals surface area contributed by atoms with E-state index in [1.807, 2.05) is 18.2 Å². The Morgan fingerprint density at radius 3 is 1.63 bits per heavy atom. The fourth-order valence-electron chi connectivity index (χ4n) is 11.5. The lowest BCUT2D eigenvalue weighted by Crippen LogP contribution is -2.32. The molecule has 2 heterocycles. The third-order valence-electron chi connectivity index (χ3n) is 14.0. The van der Waals surface area contributed by atoms with Gasteiger partial charge in [-0.1, -0.05) is 171 Å². The van der Waals surface area contributed by atoms with Gasteiger partial charge in [0, 0.05) is 27.8 Å². The van der Waals surface area contributed by atoms with Gasteiger partial charge in [0.25, 0.3) is 0 Å². The summed E-state index contributed by atoms with van der Waals surface area (Å²) in [7, 11) is 0. The van der Waals surface area contributed by atoms with Crippen molar-refractivity contribution < 1.29 is 4.74 Å². The number of benzene rings is 7. The van der Waals surface area contributed by atoms with Crippen LogP contribution in [0.5, 0.6) is 11.5 Å². The number of para-hydroxylation sites is 2. The van der Waals surface area contributed by atoms with Gasteiger partial charge in [-0.05, 0) is 93.7 Å². The summed E-state index contributed by atoms with van der Waals surface area (Å²) in [5, 5.41) is 0. The quantitative estimate of drug-likeness (QED) is 0.175. The molecule has 4 aliphatic rings. The van der Waals surface area contributed by atoms with E-state index in [4.69, 9.17) is 19.7 Å². The van der Waals surface area contributed by atoms with Crippen LogP contribution in [0.15, 0.2) is 170 Å². The first-order valence-corrected chi connectivity index (χ1v) is 21.2. The molecule has 1 aromatic heterocycles. The molecule has 3 aliphatic carbocycles. The molecule has 7 aromatic carbocycles. The van der Waals surface area contributed by atoms with Crippen molar-refractivity contribution in [2.24, 2.45) is 11.8 Å². The predicted molar refractivity (Wildman–Crippen MR) is 236 cm³/mol. The maximum Gasteiger partial charge on any atom is 0.164 e. The number of hydrogen-bond donors (Lipinski definition) is 0. The zero-order chi connectivity index (χ0) is 39.1. The zero-order valence-electron chi connectivity index (χ0n) is 33.1. The minimum absolute atomic E-state index is 0.228. The molecule has 59 heavy (non-hydrogen) atoms. The van der Waals surface area contributed by atoms with Gasteiger partial charge in [0.2, 0.25) is 0 Å². The number of nitrogens with zero attached hydrogens (tertiary/aromatic N) is 3. The topological polar surface area (TPSA) is 47.9 Å². The Hall–Kier alpha value is -6.65. The molecule has 284 valence electrons. The second-order valence-electron chi connectivity index (χ2n) is 17.5. The Balaban J connectivity index is 1.01. The van der Waals surface area contributed by atoms with E-state index < -0.39 is 5.41 Å². The molecular weight excluding hydrogens is 719 g/mol. The number of ether oxygens (including phenoxy) is 1. The molecule has 2 saturated carbocycles. The molecular formula is C55H43N3O. The highest BCUT2D eigenvalue weighted by Crippen LogP contribution is 2.62. The van der Waals surface area contributed by atoms with Crippen LogP contribution in [0, 0.1) is 11.8 Å². The maximum absolute atomic E-state index is 6.61. The molecule has 0 saturated heterocycles. The minimum atomic E-state index is -0.552.